The smallest absolute Gasteiger partial charge is 0.139 e. The lowest BCUT2D eigenvalue weighted by Gasteiger charge is -2.09. The van der Waals surface area contributed by atoms with Crippen molar-refractivity contribution in [1.82, 2.24) is 9.55 Å². The van der Waals surface area contributed by atoms with Gasteiger partial charge in [-0.05, 0) is 30.5 Å². The van der Waals surface area contributed by atoms with Gasteiger partial charge in [-0.2, -0.15) is 0 Å². The molecule has 2 aromatic heterocycles. The summed E-state index contributed by atoms with van der Waals surface area (Å²) < 4.78 is 2.06. The van der Waals surface area contributed by atoms with Crippen molar-refractivity contribution < 1.29 is 0 Å². The molecule has 0 unspecified atom stereocenters. The van der Waals surface area contributed by atoms with E-state index in [2.05, 4.69) is 48.7 Å². The maximum absolute atomic E-state index is 4.62. The second-order valence-electron chi connectivity index (χ2n) is 4.16. The molecule has 2 rings (SSSR count). The van der Waals surface area contributed by atoms with Crippen molar-refractivity contribution in [2.45, 2.75) is 40.5 Å². The molecule has 0 radical (unpaired) electrons. The molecule has 0 amide bonds. The average Bonchev–Trinajstić information content (AvgIpc) is 2.62. The number of aromatic nitrogens is 2. The first-order valence-electron chi connectivity index (χ1n) is 6.02. The second-order valence-corrected chi connectivity index (χ2v) is 4.16. The fourth-order valence-electron chi connectivity index (χ4n) is 1.88. The Morgan fingerprint density at radius 1 is 1.25 bits per heavy atom. The monoisotopic (exact) mass is 218 g/mol. The standard InChI is InChI=1S/C12H16N2.C2H6/c1-8(2)11-7-10-5-6-14(4)12(10)13-9(11)3;1-2/h5-8H,1-4H3;1-2H3. The number of hydrogen-bond acceptors (Lipinski definition) is 1. The molecule has 0 aromatic carbocycles. The summed E-state index contributed by atoms with van der Waals surface area (Å²) in [6.45, 7) is 10.5. The molecule has 2 nitrogen and oxygen atoms in total. The van der Waals surface area contributed by atoms with Gasteiger partial charge in [0.25, 0.3) is 0 Å². The zero-order valence-electron chi connectivity index (χ0n) is 11.2. The van der Waals surface area contributed by atoms with Crippen molar-refractivity contribution in [2.24, 2.45) is 7.05 Å². The van der Waals surface area contributed by atoms with Crippen molar-refractivity contribution in [3.05, 3.63) is 29.6 Å². The molecule has 0 atom stereocenters. The fourth-order valence-corrected chi connectivity index (χ4v) is 1.88. The minimum absolute atomic E-state index is 0.548. The average molecular weight is 218 g/mol. The van der Waals surface area contributed by atoms with Gasteiger partial charge in [-0.15, -0.1) is 0 Å². The molecule has 0 fully saturated rings. The van der Waals surface area contributed by atoms with E-state index in [1.165, 1.54) is 10.9 Å². The molecule has 88 valence electrons. The molecule has 0 bridgehead atoms. The fraction of sp³-hybridized carbons (Fsp3) is 0.500. The molecule has 0 spiro atoms. The molecular weight excluding hydrogens is 196 g/mol. The van der Waals surface area contributed by atoms with Crippen molar-refractivity contribution >= 4 is 11.0 Å². The SMILES string of the molecule is CC.Cc1nc2c(ccn2C)cc1C(C)C. The lowest BCUT2D eigenvalue weighted by atomic mass is 10.0. The number of aryl methyl sites for hydroxylation is 2. The van der Waals surface area contributed by atoms with Gasteiger partial charge in [0, 0.05) is 24.3 Å². The second kappa shape index (κ2) is 5.15. The minimum atomic E-state index is 0.548. The van der Waals surface area contributed by atoms with Crippen LogP contribution in [0.4, 0.5) is 0 Å². The molecule has 0 saturated heterocycles. The number of rotatable bonds is 1. The summed E-state index contributed by atoms with van der Waals surface area (Å²) in [7, 11) is 2.03. The van der Waals surface area contributed by atoms with E-state index in [1.54, 1.807) is 0 Å². The van der Waals surface area contributed by atoms with Crippen LogP contribution in [0.25, 0.3) is 11.0 Å². The van der Waals surface area contributed by atoms with Crippen LogP contribution < -0.4 is 0 Å². The Kier molecular flexibility index (Phi) is 4.11. The lowest BCUT2D eigenvalue weighted by molar-refractivity contribution is 0.843. The molecule has 2 aromatic rings. The zero-order valence-corrected chi connectivity index (χ0v) is 11.2. The molecule has 2 heteroatoms. The van der Waals surface area contributed by atoms with E-state index in [0.717, 1.165) is 11.3 Å². The molecule has 0 aliphatic heterocycles. The molecule has 0 N–H and O–H groups in total. The Bertz CT molecular complexity index is 467. The van der Waals surface area contributed by atoms with Crippen LogP contribution in [0.3, 0.4) is 0 Å². The van der Waals surface area contributed by atoms with Crippen LogP contribution in [-0.4, -0.2) is 9.55 Å². The highest BCUT2D eigenvalue weighted by Gasteiger charge is 2.08. The van der Waals surface area contributed by atoms with Crippen LogP contribution in [0.1, 0.15) is 44.9 Å². The van der Waals surface area contributed by atoms with Crippen molar-refractivity contribution in [1.29, 1.82) is 0 Å². The minimum Gasteiger partial charge on any atom is -0.336 e. The summed E-state index contributed by atoms with van der Waals surface area (Å²) in [5.41, 5.74) is 3.57. The Morgan fingerprint density at radius 3 is 2.44 bits per heavy atom. The maximum Gasteiger partial charge on any atom is 0.139 e. The summed E-state index contributed by atoms with van der Waals surface area (Å²) in [4.78, 5) is 4.62. The van der Waals surface area contributed by atoms with Gasteiger partial charge in [-0.25, -0.2) is 4.98 Å². The highest BCUT2D eigenvalue weighted by Crippen LogP contribution is 2.22. The van der Waals surface area contributed by atoms with Crippen LogP contribution in [0.5, 0.6) is 0 Å². The molecule has 0 aliphatic carbocycles. The van der Waals surface area contributed by atoms with Crippen molar-refractivity contribution in [2.75, 3.05) is 0 Å². The molecule has 0 aliphatic rings. The van der Waals surface area contributed by atoms with Crippen LogP contribution in [-0.2, 0) is 7.05 Å². The maximum atomic E-state index is 4.62. The third-order valence-electron chi connectivity index (χ3n) is 2.69. The first-order valence-corrected chi connectivity index (χ1v) is 6.02. The normalized spacial score (nSPS) is 10.4. The summed E-state index contributed by atoms with van der Waals surface area (Å²) in [5.74, 6) is 0.548. The van der Waals surface area contributed by atoms with Gasteiger partial charge in [0.1, 0.15) is 5.65 Å². The van der Waals surface area contributed by atoms with Crippen LogP contribution >= 0.6 is 0 Å². The number of nitrogens with zero attached hydrogens (tertiary/aromatic N) is 2. The van der Waals surface area contributed by atoms with E-state index in [0.29, 0.717) is 5.92 Å². The van der Waals surface area contributed by atoms with E-state index in [4.69, 9.17) is 0 Å². The highest BCUT2D eigenvalue weighted by molar-refractivity contribution is 5.77. The highest BCUT2D eigenvalue weighted by atomic mass is 15.0. The van der Waals surface area contributed by atoms with Crippen molar-refractivity contribution in [3.63, 3.8) is 0 Å². The van der Waals surface area contributed by atoms with Gasteiger partial charge in [0.15, 0.2) is 0 Å². The predicted octanol–water partition coefficient (Wildman–Crippen LogP) is 4.03. The Hall–Kier alpha value is -1.31. The third-order valence-corrected chi connectivity index (χ3v) is 2.69. The van der Waals surface area contributed by atoms with E-state index in [9.17, 15) is 0 Å². The van der Waals surface area contributed by atoms with Gasteiger partial charge in [0.05, 0.1) is 0 Å². The van der Waals surface area contributed by atoms with Gasteiger partial charge in [-0.3, -0.25) is 0 Å². The summed E-state index contributed by atoms with van der Waals surface area (Å²) in [6, 6.07) is 4.37. The zero-order chi connectivity index (χ0) is 12.3. The van der Waals surface area contributed by atoms with Gasteiger partial charge in [0.2, 0.25) is 0 Å². The van der Waals surface area contributed by atoms with Crippen molar-refractivity contribution in [3.8, 4) is 0 Å². The number of pyridine rings is 1. The topological polar surface area (TPSA) is 17.8 Å². The van der Waals surface area contributed by atoms with E-state index in [-0.39, 0.29) is 0 Å². The third kappa shape index (κ3) is 2.26. The number of fused-ring (bicyclic) bond motifs is 1. The first-order chi connectivity index (χ1) is 7.59. The molecule has 0 saturated carbocycles. The Labute approximate surface area is 98.3 Å². The Morgan fingerprint density at radius 2 is 1.88 bits per heavy atom. The summed E-state index contributed by atoms with van der Waals surface area (Å²) in [5, 5.41) is 1.24. The molecular formula is C14H22N2. The predicted molar refractivity (Wildman–Crippen MR) is 70.9 cm³/mol. The van der Waals surface area contributed by atoms with Gasteiger partial charge in [-0.1, -0.05) is 27.7 Å². The number of hydrogen-bond donors (Lipinski definition) is 0. The van der Waals surface area contributed by atoms with Crippen LogP contribution in [0.15, 0.2) is 18.3 Å². The lowest BCUT2D eigenvalue weighted by Crippen LogP contribution is -1.97. The van der Waals surface area contributed by atoms with E-state index >= 15 is 0 Å². The van der Waals surface area contributed by atoms with Crippen LogP contribution in [0, 0.1) is 6.92 Å². The largest absolute Gasteiger partial charge is 0.336 e. The van der Waals surface area contributed by atoms with Gasteiger partial charge < -0.3 is 4.57 Å². The van der Waals surface area contributed by atoms with E-state index in [1.807, 2.05) is 20.9 Å². The van der Waals surface area contributed by atoms with Crippen LogP contribution in [0.2, 0.25) is 0 Å². The molecule has 2 heterocycles. The first kappa shape index (κ1) is 12.8. The Balaban J connectivity index is 0.000000606. The quantitative estimate of drug-likeness (QED) is 0.706. The van der Waals surface area contributed by atoms with E-state index < -0.39 is 0 Å². The summed E-state index contributed by atoms with van der Waals surface area (Å²) >= 11 is 0. The van der Waals surface area contributed by atoms with Gasteiger partial charge >= 0.3 is 0 Å². The molecule has 16 heavy (non-hydrogen) atoms. The summed E-state index contributed by atoms with van der Waals surface area (Å²) in [6.07, 6.45) is 2.06.